The van der Waals surface area contributed by atoms with Crippen LogP contribution in [-0.2, 0) is 6.42 Å². The third-order valence-corrected chi connectivity index (χ3v) is 4.10. The van der Waals surface area contributed by atoms with Gasteiger partial charge < -0.3 is 5.11 Å². The summed E-state index contributed by atoms with van der Waals surface area (Å²) in [6.45, 7) is -0.511. The van der Waals surface area contributed by atoms with Crippen molar-refractivity contribution in [3.8, 4) is 0 Å². The molecule has 3 nitrogen and oxygen atoms in total. The molecule has 0 saturated carbocycles. The number of aliphatic hydroxyl groups is 1. The Labute approximate surface area is 141 Å². The van der Waals surface area contributed by atoms with E-state index in [4.69, 9.17) is 5.11 Å². The lowest BCUT2D eigenvalue weighted by Gasteiger charge is -2.18. The molecule has 3 rings (SSSR count). The number of aliphatic hydroxyl groups excluding tert-OH is 1. The predicted octanol–water partition coefficient (Wildman–Crippen LogP) is 3.63. The molecule has 0 bridgehead atoms. The quantitative estimate of drug-likeness (QED) is 0.706. The predicted molar refractivity (Wildman–Crippen MR) is 94.1 cm³/mol. The van der Waals surface area contributed by atoms with Crippen LogP contribution in [0, 0.1) is 0 Å². The van der Waals surface area contributed by atoms with Crippen LogP contribution < -0.4 is 0 Å². The number of rotatable bonds is 6. The van der Waals surface area contributed by atoms with Gasteiger partial charge >= 0.3 is 0 Å². The molecule has 0 spiro atoms. The van der Waals surface area contributed by atoms with Crippen molar-refractivity contribution >= 4 is 5.78 Å². The number of benzene rings is 2. The molecule has 1 N–H and O–H groups in total. The fourth-order valence-electron chi connectivity index (χ4n) is 2.83. The number of ketones is 1. The highest BCUT2D eigenvalue weighted by Crippen LogP contribution is 2.28. The van der Waals surface area contributed by atoms with Crippen LogP contribution in [0.15, 0.2) is 79.0 Å². The highest BCUT2D eigenvalue weighted by atomic mass is 16.3. The first-order chi connectivity index (χ1) is 11.8. The van der Waals surface area contributed by atoms with Crippen LogP contribution in [0.4, 0.5) is 0 Å². The van der Waals surface area contributed by atoms with Crippen molar-refractivity contribution in [3.63, 3.8) is 0 Å². The molecular weight excluding hydrogens is 298 g/mol. The second kappa shape index (κ2) is 7.66. The van der Waals surface area contributed by atoms with Crippen molar-refractivity contribution in [2.75, 3.05) is 6.61 Å². The third kappa shape index (κ3) is 3.76. The lowest BCUT2D eigenvalue weighted by molar-refractivity contribution is 0.0898. The molecule has 24 heavy (non-hydrogen) atoms. The first-order valence-electron chi connectivity index (χ1n) is 7.97. The van der Waals surface area contributed by atoms with Gasteiger partial charge in [-0.1, -0.05) is 66.7 Å². The second-order valence-electron chi connectivity index (χ2n) is 5.71. The maximum absolute atomic E-state index is 11.5. The van der Waals surface area contributed by atoms with E-state index >= 15 is 0 Å². The van der Waals surface area contributed by atoms with E-state index in [1.807, 2.05) is 42.5 Å². The van der Waals surface area contributed by atoms with Gasteiger partial charge in [-0.15, -0.1) is 0 Å². The van der Waals surface area contributed by atoms with Crippen molar-refractivity contribution in [3.05, 3.63) is 101 Å². The summed E-state index contributed by atoms with van der Waals surface area (Å²) in [4.78, 5) is 15.7. The largest absolute Gasteiger partial charge is 0.388 e. The van der Waals surface area contributed by atoms with Crippen LogP contribution in [0.2, 0.25) is 0 Å². The highest BCUT2D eigenvalue weighted by Gasteiger charge is 2.15. The second-order valence-corrected chi connectivity index (χ2v) is 5.71. The lowest BCUT2D eigenvalue weighted by atomic mass is 9.86. The number of aromatic nitrogens is 1. The van der Waals surface area contributed by atoms with E-state index in [-0.39, 0.29) is 11.7 Å². The summed E-state index contributed by atoms with van der Waals surface area (Å²) in [5, 5.41) is 8.91. The van der Waals surface area contributed by atoms with Gasteiger partial charge in [0, 0.05) is 12.1 Å². The van der Waals surface area contributed by atoms with E-state index < -0.39 is 6.61 Å². The van der Waals surface area contributed by atoms with E-state index in [1.165, 1.54) is 11.1 Å². The minimum absolute atomic E-state index is 0.230. The summed E-state index contributed by atoms with van der Waals surface area (Å²) >= 11 is 0. The van der Waals surface area contributed by atoms with Crippen molar-refractivity contribution in [2.45, 2.75) is 12.3 Å². The summed E-state index contributed by atoms with van der Waals surface area (Å²) in [7, 11) is 0. The Hall–Kier alpha value is -2.78. The number of pyridine rings is 1. The van der Waals surface area contributed by atoms with Crippen LogP contribution in [0.1, 0.15) is 33.1 Å². The van der Waals surface area contributed by atoms with Gasteiger partial charge in [-0.25, -0.2) is 0 Å². The maximum Gasteiger partial charge on any atom is 0.206 e. The zero-order valence-corrected chi connectivity index (χ0v) is 13.3. The van der Waals surface area contributed by atoms with Crippen molar-refractivity contribution in [1.29, 1.82) is 0 Å². The highest BCUT2D eigenvalue weighted by molar-refractivity contribution is 5.95. The van der Waals surface area contributed by atoms with Crippen molar-refractivity contribution < 1.29 is 9.90 Å². The van der Waals surface area contributed by atoms with Gasteiger partial charge in [-0.3, -0.25) is 9.78 Å². The number of Topliss-reactive ketones (excluding diaryl/α,β-unsaturated/α-hetero) is 1. The van der Waals surface area contributed by atoms with Crippen molar-refractivity contribution in [1.82, 2.24) is 4.98 Å². The topological polar surface area (TPSA) is 50.2 Å². The van der Waals surface area contributed by atoms with E-state index in [2.05, 4.69) is 29.2 Å². The first-order valence-corrected chi connectivity index (χ1v) is 7.97. The van der Waals surface area contributed by atoms with Gasteiger partial charge in [0.15, 0.2) is 0 Å². The molecule has 0 saturated heterocycles. The fourth-order valence-corrected chi connectivity index (χ4v) is 2.83. The zero-order chi connectivity index (χ0) is 16.8. The normalized spacial score (nSPS) is 10.8. The molecule has 0 amide bonds. The molecule has 120 valence electrons. The third-order valence-electron chi connectivity index (χ3n) is 4.10. The van der Waals surface area contributed by atoms with Gasteiger partial charge in [-0.05, 0) is 29.2 Å². The van der Waals surface area contributed by atoms with Crippen LogP contribution in [0.3, 0.4) is 0 Å². The Morgan fingerprint density at radius 2 is 1.46 bits per heavy atom. The van der Waals surface area contributed by atoms with Crippen LogP contribution >= 0.6 is 0 Å². The van der Waals surface area contributed by atoms with Crippen LogP contribution in [0.25, 0.3) is 0 Å². The summed E-state index contributed by atoms with van der Waals surface area (Å²) in [5.41, 5.74) is 3.86. The Balaban J connectivity index is 1.89. The molecule has 3 aromatic rings. The Morgan fingerprint density at radius 1 is 0.875 bits per heavy atom. The molecule has 2 aromatic carbocycles. The standard InChI is InChI=1S/C21H19NO2/c23-15-21(24)20-12-11-16(14-22-20)13-19(17-7-3-1-4-8-17)18-9-5-2-6-10-18/h1-12,14,19,23H,13,15H2. The average molecular weight is 317 g/mol. The van der Waals surface area contributed by atoms with Gasteiger partial charge in [-0.2, -0.15) is 0 Å². The molecular formula is C21H19NO2. The molecule has 0 fully saturated rings. The summed E-state index contributed by atoms with van der Waals surface area (Å²) in [6, 6.07) is 24.4. The molecule has 0 radical (unpaired) electrons. The number of hydrogen-bond donors (Lipinski definition) is 1. The summed E-state index contributed by atoms with van der Waals surface area (Å²) < 4.78 is 0. The lowest BCUT2D eigenvalue weighted by Crippen LogP contribution is -2.08. The molecule has 1 heterocycles. The van der Waals surface area contributed by atoms with E-state index in [0.717, 1.165) is 12.0 Å². The smallest absolute Gasteiger partial charge is 0.206 e. The van der Waals surface area contributed by atoms with Gasteiger partial charge in [0.05, 0.1) is 0 Å². The molecule has 3 heteroatoms. The SMILES string of the molecule is O=C(CO)c1ccc(CC(c2ccccc2)c2ccccc2)cn1. The van der Waals surface area contributed by atoms with Crippen LogP contribution in [0.5, 0.6) is 0 Å². The summed E-state index contributed by atoms with van der Waals surface area (Å²) in [6.07, 6.45) is 2.52. The Kier molecular flexibility index (Phi) is 5.14. The van der Waals surface area contributed by atoms with E-state index in [0.29, 0.717) is 5.69 Å². The minimum Gasteiger partial charge on any atom is -0.388 e. The Morgan fingerprint density at radius 3 is 1.92 bits per heavy atom. The van der Waals surface area contributed by atoms with Gasteiger partial charge in [0.1, 0.15) is 12.3 Å². The van der Waals surface area contributed by atoms with Gasteiger partial charge in [0.2, 0.25) is 5.78 Å². The minimum atomic E-state index is -0.511. The number of nitrogens with zero attached hydrogens (tertiary/aromatic N) is 1. The monoisotopic (exact) mass is 317 g/mol. The number of carbonyl (C=O) groups excluding carboxylic acids is 1. The average Bonchev–Trinajstić information content (AvgIpc) is 2.67. The Bertz CT molecular complexity index is 744. The summed E-state index contributed by atoms with van der Waals surface area (Å²) in [5.74, 6) is -0.127. The van der Waals surface area contributed by atoms with E-state index in [1.54, 1.807) is 12.3 Å². The molecule has 1 aromatic heterocycles. The van der Waals surface area contributed by atoms with Crippen LogP contribution in [-0.4, -0.2) is 22.5 Å². The molecule has 0 unspecified atom stereocenters. The number of carbonyl (C=O) groups is 1. The first kappa shape index (κ1) is 16.1. The maximum atomic E-state index is 11.5. The van der Waals surface area contributed by atoms with E-state index in [9.17, 15) is 4.79 Å². The fraction of sp³-hybridized carbons (Fsp3) is 0.143. The zero-order valence-electron chi connectivity index (χ0n) is 13.3. The van der Waals surface area contributed by atoms with Gasteiger partial charge in [0.25, 0.3) is 0 Å². The molecule has 0 aliphatic carbocycles. The van der Waals surface area contributed by atoms with Crippen molar-refractivity contribution in [2.24, 2.45) is 0 Å². The molecule has 0 atom stereocenters. The molecule has 0 aliphatic rings. The number of hydrogen-bond acceptors (Lipinski definition) is 3. The molecule has 0 aliphatic heterocycles.